The molecule has 0 aliphatic heterocycles. The molecule has 0 aliphatic carbocycles. The molecule has 4 aromatic rings. The lowest BCUT2D eigenvalue weighted by molar-refractivity contribution is 0.0903. The van der Waals surface area contributed by atoms with Gasteiger partial charge in [0.1, 0.15) is 30.3 Å². The van der Waals surface area contributed by atoms with E-state index < -0.39 is 6.61 Å². The van der Waals surface area contributed by atoms with Gasteiger partial charge in [0.15, 0.2) is 5.78 Å². The Kier molecular flexibility index (Phi) is 5.18. The number of Topliss-reactive ketones (excluding diaryl/α,β-unsaturated/α-hetero) is 1. The van der Waals surface area contributed by atoms with Crippen molar-refractivity contribution in [2.24, 2.45) is 0 Å². The fraction of sp³-hybridized carbons (Fsp3) is 0.0870. The molecule has 1 N–H and O–H groups in total. The van der Waals surface area contributed by atoms with Gasteiger partial charge in [-0.2, -0.15) is 0 Å². The molecule has 0 fully saturated rings. The van der Waals surface area contributed by atoms with E-state index in [4.69, 9.17) is 9.84 Å². The number of para-hydroxylation sites is 1. The van der Waals surface area contributed by atoms with Crippen LogP contribution < -0.4 is 9.64 Å². The van der Waals surface area contributed by atoms with Crippen LogP contribution in [0.1, 0.15) is 10.4 Å². The third-order valence-corrected chi connectivity index (χ3v) is 4.62. The Morgan fingerprint density at radius 3 is 2.28 bits per heavy atom. The number of fused-ring (bicyclic) bond motifs is 1. The van der Waals surface area contributed by atoms with Crippen LogP contribution in [0.25, 0.3) is 10.9 Å². The average Bonchev–Trinajstić information content (AvgIpc) is 2.78. The fourth-order valence-corrected chi connectivity index (χ4v) is 3.05. The summed E-state index contributed by atoms with van der Waals surface area (Å²) in [4.78, 5) is 22.2. The van der Waals surface area contributed by atoms with Crippen LogP contribution in [0.2, 0.25) is 0 Å². The highest BCUT2D eigenvalue weighted by Gasteiger charge is 2.10. The van der Waals surface area contributed by atoms with E-state index in [2.05, 4.69) is 9.97 Å². The molecule has 0 radical (unpaired) electrons. The van der Waals surface area contributed by atoms with Crippen molar-refractivity contribution in [3.8, 4) is 11.5 Å². The molecule has 29 heavy (non-hydrogen) atoms. The maximum absolute atomic E-state index is 11.5. The zero-order chi connectivity index (χ0) is 20.2. The highest BCUT2D eigenvalue weighted by Crippen LogP contribution is 2.30. The van der Waals surface area contributed by atoms with Crippen molar-refractivity contribution in [2.45, 2.75) is 0 Å². The number of ketones is 1. The molecule has 0 bridgehead atoms. The molecule has 0 unspecified atom stereocenters. The van der Waals surface area contributed by atoms with Crippen LogP contribution in [-0.2, 0) is 0 Å². The maximum atomic E-state index is 11.5. The van der Waals surface area contributed by atoms with E-state index in [9.17, 15) is 4.79 Å². The summed E-state index contributed by atoms with van der Waals surface area (Å²) in [6, 6.07) is 22.2. The van der Waals surface area contributed by atoms with Crippen molar-refractivity contribution in [1.82, 2.24) is 9.97 Å². The Morgan fingerprint density at radius 2 is 1.59 bits per heavy atom. The molecular weight excluding hydrogens is 366 g/mol. The van der Waals surface area contributed by atoms with E-state index in [1.54, 1.807) is 30.6 Å². The van der Waals surface area contributed by atoms with Crippen molar-refractivity contribution in [3.05, 3.63) is 84.7 Å². The van der Waals surface area contributed by atoms with Gasteiger partial charge in [-0.05, 0) is 60.7 Å². The molecule has 3 aromatic carbocycles. The topological polar surface area (TPSA) is 75.5 Å². The molecule has 1 heterocycles. The largest absolute Gasteiger partial charge is 0.457 e. The van der Waals surface area contributed by atoms with Crippen molar-refractivity contribution >= 4 is 28.2 Å². The lowest BCUT2D eigenvalue weighted by atomic mass is 10.1. The zero-order valence-corrected chi connectivity index (χ0v) is 15.8. The van der Waals surface area contributed by atoms with Gasteiger partial charge >= 0.3 is 0 Å². The molecule has 0 atom stereocenters. The summed E-state index contributed by atoms with van der Waals surface area (Å²) in [5.74, 6) is 1.80. The molecule has 0 saturated heterocycles. The first kappa shape index (κ1) is 18.6. The van der Waals surface area contributed by atoms with Crippen LogP contribution in [0.4, 0.5) is 11.5 Å². The smallest absolute Gasteiger partial charge is 0.188 e. The Morgan fingerprint density at radius 1 is 0.931 bits per heavy atom. The number of aliphatic hydroxyl groups is 1. The van der Waals surface area contributed by atoms with Gasteiger partial charge in [0.2, 0.25) is 0 Å². The van der Waals surface area contributed by atoms with Crippen molar-refractivity contribution in [3.63, 3.8) is 0 Å². The maximum Gasteiger partial charge on any atom is 0.188 e. The number of hydrogen-bond donors (Lipinski definition) is 1. The van der Waals surface area contributed by atoms with E-state index in [0.29, 0.717) is 17.1 Å². The van der Waals surface area contributed by atoms with E-state index in [1.165, 1.54) is 0 Å². The van der Waals surface area contributed by atoms with Gasteiger partial charge in [0.25, 0.3) is 0 Å². The number of rotatable bonds is 6. The summed E-state index contributed by atoms with van der Waals surface area (Å²) >= 11 is 0. The first-order valence-electron chi connectivity index (χ1n) is 9.11. The Labute approximate surface area is 168 Å². The molecule has 1 aromatic heterocycles. The van der Waals surface area contributed by atoms with Gasteiger partial charge in [-0.25, -0.2) is 9.97 Å². The standard InChI is InChI=1S/C23H19N3O3/c1-26(23-20-4-2-3-5-21(20)24-15-25-23)17-8-12-19(13-9-17)29-18-10-6-16(7-11-18)22(28)14-27/h2-13,15,27H,14H2,1H3. The predicted molar refractivity (Wildman–Crippen MR) is 112 cm³/mol. The molecule has 4 rings (SSSR count). The second kappa shape index (κ2) is 8.08. The van der Waals surface area contributed by atoms with Crippen molar-refractivity contribution in [1.29, 1.82) is 0 Å². The van der Waals surface area contributed by atoms with E-state index >= 15 is 0 Å². The summed E-state index contributed by atoms with van der Waals surface area (Å²) in [7, 11) is 1.96. The summed E-state index contributed by atoms with van der Waals surface area (Å²) in [5.41, 5.74) is 2.31. The lowest BCUT2D eigenvalue weighted by Crippen LogP contribution is -2.11. The van der Waals surface area contributed by atoms with Gasteiger partial charge < -0.3 is 14.7 Å². The number of anilines is 2. The SMILES string of the molecule is CN(c1ccc(Oc2ccc(C(=O)CO)cc2)cc1)c1ncnc2ccccc12. The summed E-state index contributed by atoms with van der Waals surface area (Å²) in [5, 5.41) is 9.89. The minimum atomic E-state index is -0.503. The quantitative estimate of drug-likeness (QED) is 0.497. The molecule has 144 valence electrons. The number of carbonyl (C=O) groups is 1. The second-order valence-corrected chi connectivity index (χ2v) is 6.48. The molecule has 0 aliphatic rings. The number of nitrogens with zero attached hydrogens (tertiary/aromatic N) is 3. The zero-order valence-electron chi connectivity index (χ0n) is 15.8. The third kappa shape index (κ3) is 3.93. The minimum Gasteiger partial charge on any atom is -0.457 e. The summed E-state index contributed by atoms with van der Waals surface area (Å²) < 4.78 is 5.84. The van der Waals surface area contributed by atoms with Crippen LogP contribution >= 0.6 is 0 Å². The molecule has 6 heteroatoms. The van der Waals surface area contributed by atoms with Crippen molar-refractivity contribution in [2.75, 3.05) is 18.6 Å². The number of aromatic nitrogens is 2. The summed E-state index contributed by atoms with van der Waals surface area (Å²) in [6.45, 7) is -0.503. The third-order valence-electron chi connectivity index (χ3n) is 4.62. The van der Waals surface area contributed by atoms with E-state index in [-0.39, 0.29) is 5.78 Å². The van der Waals surface area contributed by atoms with Gasteiger partial charge in [-0.15, -0.1) is 0 Å². The van der Waals surface area contributed by atoms with Crippen molar-refractivity contribution < 1.29 is 14.6 Å². The Bertz CT molecular complexity index is 1140. The summed E-state index contributed by atoms with van der Waals surface area (Å²) in [6.07, 6.45) is 1.57. The van der Waals surface area contributed by atoms with E-state index in [1.807, 2.05) is 60.5 Å². The van der Waals surface area contributed by atoms with Crippen LogP contribution in [0.5, 0.6) is 11.5 Å². The molecule has 0 saturated carbocycles. The number of ether oxygens (including phenoxy) is 1. The van der Waals surface area contributed by atoms with Crippen LogP contribution in [0.3, 0.4) is 0 Å². The highest BCUT2D eigenvalue weighted by molar-refractivity contribution is 5.97. The minimum absolute atomic E-state index is 0.318. The molecular formula is C23H19N3O3. The second-order valence-electron chi connectivity index (χ2n) is 6.48. The van der Waals surface area contributed by atoms with E-state index in [0.717, 1.165) is 22.4 Å². The van der Waals surface area contributed by atoms with Crippen LogP contribution in [0.15, 0.2) is 79.1 Å². The average molecular weight is 385 g/mol. The number of hydrogen-bond acceptors (Lipinski definition) is 6. The molecule has 6 nitrogen and oxygen atoms in total. The molecule has 0 spiro atoms. The number of aliphatic hydroxyl groups excluding tert-OH is 1. The van der Waals surface area contributed by atoms with Crippen LogP contribution in [0, 0.1) is 0 Å². The Hall–Kier alpha value is -3.77. The first-order valence-corrected chi connectivity index (χ1v) is 9.11. The fourth-order valence-electron chi connectivity index (χ4n) is 3.05. The van der Waals surface area contributed by atoms with Gasteiger partial charge in [-0.1, -0.05) is 12.1 Å². The predicted octanol–water partition coefficient (Wildman–Crippen LogP) is 4.37. The van der Waals surface area contributed by atoms with Gasteiger partial charge in [-0.3, -0.25) is 4.79 Å². The monoisotopic (exact) mass is 385 g/mol. The number of benzene rings is 3. The van der Waals surface area contributed by atoms with Crippen LogP contribution in [-0.4, -0.2) is 34.5 Å². The highest BCUT2D eigenvalue weighted by atomic mass is 16.5. The number of carbonyl (C=O) groups excluding carboxylic acids is 1. The molecule has 0 amide bonds. The first-order chi connectivity index (χ1) is 14.2. The Balaban J connectivity index is 1.52. The van der Waals surface area contributed by atoms with Gasteiger partial charge in [0.05, 0.1) is 5.52 Å². The van der Waals surface area contributed by atoms with Gasteiger partial charge in [0, 0.05) is 23.7 Å². The lowest BCUT2D eigenvalue weighted by Gasteiger charge is -2.20. The normalized spacial score (nSPS) is 10.7.